The van der Waals surface area contributed by atoms with Gasteiger partial charge >= 0.3 is 5.69 Å². The van der Waals surface area contributed by atoms with Gasteiger partial charge in [-0.2, -0.15) is 5.21 Å². The fraction of sp³-hybridized carbons (Fsp3) is 0.226. The van der Waals surface area contributed by atoms with Gasteiger partial charge in [-0.15, -0.1) is 10.2 Å². The number of nitrogens with zero attached hydrogens (tertiary/aromatic N) is 7. The molecular weight excluding hydrogens is 516 g/mol. The number of benzene rings is 3. The quantitative estimate of drug-likeness (QED) is 0.302. The van der Waals surface area contributed by atoms with Gasteiger partial charge in [-0.05, 0) is 41.3 Å². The molecule has 6 aromatic rings. The monoisotopic (exact) mass is 546 g/mol. The number of tetrazole rings is 1. The number of fused-ring (bicyclic) bond motifs is 1. The predicted octanol–water partition coefficient (Wildman–Crippen LogP) is 4.45. The Bertz CT molecular complexity index is 1940. The minimum Gasteiger partial charge on any atom is -0.318 e. The third-order valence-electron chi connectivity index (χ3n) is 7.56. The van der Waals surface area contributed by atoms with Gasteiger partial charge in [0.15, 0.2) is 11.2 Å². The first-order valence-electron chi connectivity index (χ1n) is 13.7. The van der Waals surface area contributed by atoms with Crippen LogP contribution in [0.5, 0.6) is 0 Å². The third-order valence-corrected chi connectivity index (χ3v) is 7.56. The smallest absolute Gasteiger partial charge is 0.318 e. The van der Waals surface area contributed by atoms with Crippen molar-refractivity contribution in [2.24, 2.45) is 0 Å². The number of aryl methyl sites for hydroxylation is 1. The van der Waals surface area contributed by atoms with Gasteiger partial charge in [-0.3, -0.25) is 13.9 Å². The number of rotatable bonds is 8. The average Bonchev–Trinajstić information content (AvgIpc) is 3.67. The zero-order valence-electron chi connectivity index (χ0n) is 23.2. The molecule has 0 aliphatic heterocycles. The minimum atomic E-state index is -0.349. The lowest BCUT2D eigenvalue weighted by Crippen LogP contribution is -2.41. The van der Waals surface area contributed by atoms with E-state index >= 15 is 0 Å². The second-order valence-electron chi connectivity index (χ2n) is 9.91. The summed E-state index contributed by atoms with van der Waals surface area (Å²) in [7, 11) is 0. The molecule has 0 aliphatic rings. The Balaban J connectivity index is 1.44. The van der Waals surface area contributed by atoms with Gasteiger partial charge in [0.05, 0.1) is 6.04 Å². The van der Waals surface area contributed by atoms with Crippen LogP contribution in [0.2, 0.25) is 0 Å². The molecule has 0 bridgehead atoms. The van der Waals surface area contributed by atoms with Crippen LogP contribution in [0.25, 0.3) is 33.7 Å². The van der Waals surface area contributed by atoms with Crippen LogP contribution in [-0.4, -0.2) is 39.3 Å². The summed E-state index contributed by atoms with van der Waals surface area (Å²) in [6.45, 7) is 6.52. The molecule has 0 amide bonds. The van der Waals surface area contributed by atoms with Crippen molar-refractivity contribution in [2.45, 2.75) is 46.3 Å². The second-order valence-corrected chi connectivity index (χ2v) is 9.91. The Morgan fingerprint density at radius 1 is 0.854 bits per heavy atom. The first kappa shape index (κ1) is 26.1. The van der Waals surface area contributed by atoms with Crippen LogP contribution in [-0.2, 0) is 19.5 Å². The molecule has 0 saturated heterocycles. The van der Waals surface area contributed by atoms with E-state index in [0.29, 0.717) is 30.0 Å². The van der Waals surface area contributed by atoms with Crippen LogP contribution in [0.3, 0.4) is 0 Å². The highest BCUT2D eigenvalue weighted by Crippen LogP contribution is 2.30. The molecule has 3 aromatic carbocycles. The molecule has 10 heteroatoms. The Morgan fingerprint density at radius 2 is 1.56 bits per heavy atom. The third kappa shape index (κ3) is 4.57. The molecule has 0 fully saturated rings. The van der Waals surface area contributed by atoms with Gasteiger partial charge in [0.2, 0.25) is 5.82 Å². The first-order valence-corrected chi connectivity index (χ1v) is 13.7. The second kappa shape index (κ2) is 10.8. The van der Waals surface area contributed by atoms with Crippen LogP contribution in [0.1, 0.15) is 43.8 Å². The number of H-pyrrole nitrogens is 1. The number of hydrogen-bond donors (Lipinski definition) is 1. The molecule has 206 valence electrons. The van der Waals surface area contributed by atoms with E-state index in [0.717, 1.165) is 33.6 Å². The van der Waals surface area contributed by atoms with E-state index in [1.807, 2.05) is 79.9 Å². The van der Waals surface area contributed by atoms with Gasteiger partial charge < -0.3 is 4.57 Å². The van der Waals surface area contributed by atoms with E-state index < -0.39 is 0 Å². The maximum absolute atomic E-state index is 13.7. The summed E-state index contributed by atoms with van der Waals surface area (Å²) in [5, 5.41) is 14.5. The first-order chi connectivity index (χ1) is 20.0. The molecule has 1 atom stereocenters. The molecule has 3 aromatic heterocycles. The van der Waals surface area contributed by atoms with Crippen molar-refractivity contribution in [1.82, 2.24) is 39.3 Å². The van der Waals surface area contributed by atoms with Crippen molar-refractivity contribution in [3.8, 4) is 22.5 Å². The lowest BCUT2D eigenvalue weighted by Gasteiger charge is -2.18. The highest BCUT2D eigenvalue weighted by atomic mass is 16.2. The Kier molecular flexibility index (Phi) is 6.88. The molecule has 6 rings (SSSR count). The zero-order valence-corrected chi connectivity index (χ0v) is 23.2. The minimum absolute atomic E-state index is 0.274. The SMILES string of the molecule is CCc1nc2c(c(=O)n(CC)c(=O)n2C(C)c2ccccc2)n1Cc1ccc(-c2ccccc2-c2nn[nH]n2)cc1. The fourth-order valence-electron chi connectivity index (χ4n) is 5.43. The van der Waals surface area contributed by atoms with Crippen LogP contribution in [0.4, 0.5) is 0 Å². The molecule has 3 heterocycles. The van der Waals surface area contributed by atoms with E-state index in [1.165, 1.54) is 4.57 Å². The highest BCUT2D eigenvalue weighted by molar-refractivity contribution is 5.80. The maximum atomic E-state index is 13.7. The lowest BCUT2D eigenvalue weighted by molar-refractivity contribution is 0.555. The number of imidazole rings is 1. The molecule has 1 unspecified atom stereocenters. The fourth-order valence-corrected chi connectivity index (χ4v) is 5.43. The van der Waals surface area contributed by atoms with Crippen LogP contribution >= 0.6 is 0 Å². The van der Waals surface area contributed by atoms with Gasteiger partial charge in [0, 0.05) is 25.1 Å². The maximum Gasteiger partial charge on any atom is 0.333 e. The van der Waals surface area contributed by atoms with Gasteiger partial charge in [-0.25, -0.2) is 9.78 Å². The van der Waals surface area contributed by atoms with Crippen molar-refractivity contribution in [3.05, 3.63) is 117 Å². The van der Waals surface area contributed by atoms with Crippen LogP contribution < -0.4 is 11.2 Å². The summed E-state index contributed by atoms with van der Waals surface area (Å²) in [5.74, 6) is 1.29. The van der Waals surface area contributed by atoms with Gasteiger partial charge in [0.25, 0.3) is 5.56 Å². The summed E-state index contributed by atoms with van der Waals surface area (Å²) in [6.07, 6.45) is 0.615. The topological polar surface area (TPSA) is 116 Å². The molecule has 0 saturated carbocycles. The van der Waals surface area contributed by atoms with Crippen molar-refractivity contribution < 1.29 is 0 Å². The molecule has 0 spiro atoms. The summed E-state index contributed by atoms with van der Waals surface area (Å²) in [6, 6.07) is 25.6. The van der Waals surface area contributed by atoms with E-state index in [4.69, 9.17) is 4.98 Å². The van der Waals surface area contributed by atoms with Crippen molar-refractivity contribution in [3.63, 3.8) is 0 Å². The van der Waals surface area contributed by atoms with Gasteiger partial charge in [-0.1, -0.05) is 85.8 Å². The largest absolute Gasteiger partial charge is 0.333 e. The average molecular weight is 547 g/mol. The van der Waals surface area contributed by atoms with E-state index in [2.05, 4.69) is 44.9 Å². The highest BCUT2D eigenvalue weighted by Gasteiger charge is 2.24. The molecule has 0 aliphatic carbocycles. The van der Waals surface area contributed by atoms with Crippen LogP contribution in [0.15, 0.2) is 88.5 Å². The number of nitrogens with one attached hydrogen (secondary N) is 1. The van der Waals surface area contributed by atoms with Crippen LogP contribution in [0, 0.1) is 0 Å². The Labute approximate surface area is 235 Å². The zero-order chi connectivity index (χ0) is 28.5. The molecule has 10 nitrogen and oxygen atoms in total. The lowest BCUT2D eigenvalue weighted by atomic mass is 9.98. The van der Waals surface area contributed by atoms with Crippen molar-refractivity contribution >= 4 is 11.2 Å². The number of aromatic amines is 1. The van der Waals surface area contributed by atoms with E-state index in [-0.39, 0.29) is 23.8 Å². The summed E-state index contributed by atoms with van der Waals surface area (Å²) in [5.41, 5.74) is 5.07. The number of aromatic nitrogens is 8. The van der Waals surface area contributed by atoms with Crippen molar-refractivity contribution in [2.75, 3.05) is 0 Å². The predicted molar refractivity (Wildman–Crippen MR) is 158 cm³/mol. The Morgan fingerprint density at radius 3 is 2.22 bits per heavy atom. The van der Waals surface area contributed by atoms with E-state index in [1.54, 1.807) is 4.57 Å². The van der Waals surface area contributed by atoms with E-state index in [9.17, 15) is 9.59 Å². The molecule has 1 N–H and O–H groups in total. The number of hydrogen-bond acceptors (Lipinski definition) is 6. The molecule has 0 radical (unpaired) electrons. The molecular formula is C31H30N8O2. The molecule has 41 heavy (non-hydrogen) atoms. The summed E-state index contributed by atoms with van der Waals surface area (Å²) < 4.78 is 4.92. The normalized spacial score (nSPS) is 12.2. The van der Waals surface area contributed by atoms with Crippen molar-refractivity contribution in [1.29, 1.82) is 0 Å². The summed E-state index contributed by atoms with van der Waals surface area (Å²) >= 11 is 0. The van der Waals surface area contributed by atoms with Gasteiger partial charge in [0.1, 0.15) is 5.82 Å². The standard InChI is InChI=1S/C31H30N8O2/c1-4-26-32-29-27(30(40)37(5-2)31(41)39(29)20(3)22-11-7-6-8-12-22)38(26)19-21-15-17-23(18-16-21)24-13-9-10-14-25(24)28-33-35-36-34-28/h6-18,20H,4-5,19H2,1-3H3,(H,33,34,35,36). The Hall–Kier alpha value is -5.12. The summed E-state index contributed by atoms with van der Waals surface area (Å²) in [4.78, 5) is 32.1.